The number of hydrogen-bond donors (Lipinski definition) is 2. The highest BCUT2D eigenvalue weighted by molar-refractivity contribution is 7.89. The topological polar surface area (TPSA) is 103 Å². The molecule has 1 atom stereocenters. The number of carbonyl (C=O) groups excluding carboxylic acids is 1. The van der Waals surface area contributed by atoms with E-state index in [-0.39, 0.29) is 6.54 Å². The number of carbonyl (C=O) groups is 1. The number of ether oxygens (including phenoxy) is 3. The van der Waals surface area contributed by atoms with E-state index in [1.165, 1.54) is 40.4 Å². The second-order valence-corrected chi connectivity index (χ2v) is 7.71. The maximum Gasteiger partial charge on any atom is 0.244 e. The van der Waals surface area contributed by atoms with Crippen molar-refractivity contribution in [1.29, 1.82) is 0 Å². The van der Waals surface area contributed by atoms with Crippen LogP contribution in [0.1, 0.15) is 12.5 Å². The summed E-state index contributed by atoms with van der Waals surface area (Å²) in [4.78, 5) is 11.8. The van der Waals surface area contributed by atoms with Crippen LogP contribution in [-0.4, -0.2) is 41.7 Å². The second-order valence-electron chi connectivity index (χ2n) is 6.02. The Bertz CT molecular complexity index is 955. The van der Waals surface area contributed by atoms with Gasteiger partial charge >= 0.3 is 0 Å². The van der Waals surface area contributed by atoms with Gasteiger partial charge in [-0.25, -0.2) is 12.8 Å². The molecule has 158 valence electrons. The minimum atomic E-state index is -4.19. The molecule has 0 aromatic heterocycles. The van der Waals surface area contributed by atoms with Gasteiger partial charge in [0.2, 0.25) is 21.7 Å². The van der Waals surface area contributed by atoms with Gasteiger partial charge in [-0.2, -0.15) is 4.72 Å². The van der Waals surface area contributed by atoms with Crippen molar-refractivity contribution in [2.45, 2.75) is 24.4 Å². The van der Waals surface area contributed by atoms with Crippen LogP contribution in [0.3, 0.4) is 0 Å². The third-order valence-corrected chi connectivity index (χ3v) is 5.62. The molecule has 29 heavy (non-hydrogen) atoms. The average molecular weight is 426 g/mol. The van der Waals surface area contributed by atoms with Crippen molar-refractivity contribution in [3.8, 4) is 17.2 Å². The number of nitrogens with one attached hydrogen (secondary N) is 2. The van der Waals surface area contributed by atoms with Gasteiger partial charge in [-0.3, -0.25) is 4.79 Å². The number of halogens is 1. The number of sulfonamides is 1. The van der Waals surface area contributed by atoms with E-state index in [2.05, 4.69) is 10.0 Å². The molecule has 0 radical (unpaired) electrons. The summed E-state index contributed by atoms with van der Waals surface area (Å²) in [5.41, 5.74) is 0.650. The lowest BCUT2D eigenvalue weighted by Crippen LogP contribution is -2.44. The smallest absolute Gasteiger partial charge is 0.244 e. The lowest BCUT2D eigenvalue weighted by Gasteiger charge is -2.16. The molecule has 10 heteroatoms. The van der Waals surface area contributed by atoms with Gasteiger partial charge in [-0.1, -0.05) is 12.1 Å². The highest BCUT2D eigenvalue weighted by Crippen LogP contribution is 2.38. The highest BCUT2D eigenvalue weighted by Gasteiger charge is 2.24. The van der Waals surface area contributed by atoms with Crippen LogP contribution in [0.5, 0.6) is 17.2 Å². The van der Waals surface area contributed by atoms with E-state index in [1.54, 1.807) is 12.1 Å². The average Bonchev–Trinajstić information content (AvgIpc) is 2.70. The monoisotopic (exact) mass is 426 g/mol. The van der Waals surface area contributed by atoms with Crippen molar-refractivity contribution < 1.29 is 31.8 Å². The largest absolute Gasteiger partial charge is 0.493 e. The first-order chi connectivity index (χ1) is 13.7. The van der Waals surface area contributed by atoms with Crippen molar-refractivity contribution in [3.63, 3.8) is 0 Å². The second kappa shape index (κ2) is 9.57. The maximum atomic E-state index is 13.8. The zero-order chi connectivity index (χ0) is 21.6. The van der Waals surface area contributed by atoms with Crippen LogP contribution < -0.4 is 24.2 Å². The fraction of sp³-hybridized carbons (Fsp3) is 0.316. The van der Waals surface area contributed by atoms with Gasteiger partial charge in [-0.05, 0) is 36.8 Å². The highest BCUT2D eigenvalue weighted by atomic mass is 32.2. The standard InChI is InChI=1S/C19H23FN2O6S/c1-12(22-29(24,25)17-8-6-5-7-14(17)20)19(23)21-11-13-9-15(26-2)18(28-4)16(10-13)27-3/h5-10,12,22H,11H2,1-4H3,(H,21,23)/t12-/m0/s1. The first kappa shape index (κ1) is 22.4. The van der Waals surface area contributed by atoms with Crippen molar-refractivity contribution in [1.82, 2.24) is 10.0 Å². The SMILES string of the molecule is COc1cc(CNC(=O)[C@H](C)NS(=O)(=O)c2ccccc2F)cc(OC)c1OC. The van der Waals surface area contributed by atoms with E-state index in [1.807, 2.05) is 0 Å². The predicted octanol–water partition coefficient (Wildman–Crippen LogP) is 1.83. The molecular weight excluding hydrogens is 403 g/mol. The van der Waals surface area contributed by atoms with Crippen LogP contribution in [0.15, 0.2) is 41.3 Å². The Morgan fingerprint density at radius 1 is 1.07 bits per heavy atom. The van der Waals surface area contributed by atoms with Gasteiger partial charge in [-0.15, -0.1) is 0 Å². The third-order valence-electron chi connectivity index (χ3n) is 4.04. The molecule has 0 aliphatic carbocycles. The molecule has 0 saturated carbocycles. The molecule has 1 amide bonds. The minimum absolute atomic E-state index is 0.0846. The summed E-state index contributed by atoms with van der Waals surface area (Å²) in [6, 6.07) is 7.13. The fourth-order valence-corrected chi connectivity index (χ4v) is 3.87. The van der Waals surface area contributed by atoms with Crippen molar-refractivity contribution in [2.24, 2.45) is 0 Å². The van der Waals surface area contributed by atoms with Crippen LogP contribution in [-0.2, 0) is 21.4 Å². The maximum absolute atomic E-state index is 13.8. The van der Waals surface area contributed by atoms with E-state index in [0.29, 0.717) is 22.8 Å². The van der Waals surface area contributed by atoms with Crippen LogP contribution in [0.25, 0.3) is 0 Å². The lowest BCUT2D eigenvalue weighted by molar-refractivity contribution is -0.122. The van der Waals surface area contributed by atoms with Gasteiger partial charge in [0.25, 0.3) is 0 Å². The first-order valence-electron chi connectivity index (χ1n) is 8.57. The summed E-state index contributed by atoms with van der Waals surface area (Å²) in [5.74, 6) is -0.228. The molecule has 0 fully saturated rings. The Morgan fingerprint density at radius 2 is 1.66 bits per heavy atom. The quantitative estimate of drug-likeness (QED) is 0.634. The lowest BCUT2D eigenvalue weighted by atomic mass is 10.1. The first-order valence-corrected chi connectivity index (χ1v) is 10.0. The van der Waals surface area contributed by atoms with Crippen molar-refractivity contribution in [3.05, 3.63) is 47.8 Å². The molecule has 2 aromatic carbocycles. The molecule has 0 spiro atoms. The number of methoxy groups -OCH3 is 3. The summed E-state index contributed by atoms with van der Waals surface area (Å²) >= 11 is 0. The number of benzene rings is 2. The molecule has 2 N–H and O–H groups in total. The normalized spacial score (nSPS) is 12.2. The molecule has 2 rings (SSSR count). The van der Waals surface area contributed by atoms with Gasteiger partial charge in [0.15, 0.2) is 11.5 Å². The Morgan fingerprint density at radius 3 is 2.17 bits per heavy atom. The zero-order valence-electron chi connectivity index (χ0n) is 16.5. The van der Waals surface area contributed by atoms with Gasteiger partial charge in [0.1, 0.15) is 10.7 Å². The van der Waals surface area contributed by atoms with E-state index in [4.69, 9.17) is 14.2 Å². The summed E-state index contributed by atoms with van der Waals surface area (Å²) in [6.45, 7) is 1.45. The third kappa shape index (κ3) is 5.36. The molecule has 2 aromatic rings. The van der Waals surface area contributed by atoms with E-state index >= 15 is 0 Å². The molecule has 0 bridgehead atoms. The van der Waals surface area contributed by atoms with Gasteiger partial charge in [0, 0.05) is 6.54 Å². The molecule has 0 unspecified atom stereocenters. The van der Waals surface area contributed by atoms with Gasteiger partial charge in [0.05, 0.1) is 27.4 Å². The minimum Gasteiger partial charge on any atom is -0.493 e. The van der Waals surface area contributed by atoms with Crippen LogP contribution >= 0.6 is 0 Å². The Balaban J connectivity index is 2.08. The van der Waals surface area contributed by atoms with Crippen LogP contribution in [0, 0.1) is 5.82 Å². The number of amides is 1. The summed E-state index contributed by atoms with van der Waals surface area (Å²) in [6.07, 6.45) is 0. The molecule has 0 aliphatic heterocycles. The van der Waals surface area contributed by atoms with Crippen LogP contribution in [0.4, 0.5) is 4.39 Å². The Hall–Kier alpha value is -2.85. The molecule has 0 aliphatic rings. The molecular formula is C19H23FN2O6S. The number of hydrogen-bond acceptors (Lipinski definition) is 6. The van der Waals surface area contributed by atoms with E-state index < -0.39 is 32.7 Å². The van der Waals surface area contributed by atoms with Crippen LogP contribution in [0.2, 0.25) is 0 Å². The van der Waals surface area contributed by atoms with Crippen molar-refractivity contribution in [2.75, 3.05) is 21.3 Å². The Labute approximate surface area is 169 Å². The summed E-state index contributed by atoms with van der Waals surface area (Å²) in [7, 11) is 0.229. The van der Waals surface area contributed by atoms with Gasteiger partial charge < -0.3 is 19.5 Å². The summed E-state index contributed by atoms with van der Waals surface area (Å²) < 4.78 is 56.3. The van der Waals surface area contributed by atoms with E-state index in [9.17, 15) is 17.6 Å². The molecule has 8 nitrogen and oxygen atoms in total. The zero-order valence-corrected chi connectivity index (χ0v) is 17.3. The Kier molecular flexibility index (Phi) is 7.40. The fourth-order valence-electron chi connectivity index (χ4n) is 2.59. The summed E-state index contributed by atoms with van der Waals surface area (Å²) in [5, 5.41) is 2.62. The van der Waals surface area contributed by atoms with E-state index in [0.717, 1.165) is 12.1 Å². The predicted molar refractivity (Wildman–Crippen MR) is 104 cm³/mol. The number of rotatable bonds is 9. The van der Waals surface area contributed by atoms with Crippen molar-refractivity contribution >= 4 is 15.9 Å². The molecule has 0 heterocycles. The molecule has 0 saturated heterocycles.